The first-order chi connectivity index (χ1) is 8.34. The highest BCUT2D eigenvalue weighted by molar-refractivity contribution is 7.89. The van der Waals surface area contributed by atoms with Gasteiger partial charge in [-0.3, -0.25) is 4.79 Å². The standard InChI is InChI=1S/C11H22N2O4S/c1-3-4-18(16,17)13-8(2)11(15)12-7-9-5-10(14)6-9/h8-10,13-14H,3-7H2,1-2H3,(H,12,15). The molecule has 0 aromatic carbocycles. The fourth-order valence-electron chi connectivity index (χ4n) is 1.92. The minimum absolute atomic E-state index is 0.0272. The summed E-state index contributed by atoms with van der Waals surface area (Å²) >= 11 is 0. The molecular formula is C11H22N2O4S. The zero-order valence-corrected chi connectivity index (χ0v) is 11.7. The lowest BCUT2D eigenvalue weighted by molar-refractivity contribution is -0.122. The summed E-state index contributed by atoms with van der Waals surface area (Å²) in [4.78, 5) is 11.7. The van der Waals surface area contributed by atoms with Crippen LogP contribution in [0.1, 0.15) is 33.1 Å². The fourth-order valence-corrected chi connectivity index (χ4v) is 3.22. The zero-order chi connectivity index (χ0) is 13.8. The van der Waals surface area contributed by atoms with Crippen molar-refractivity contribution in [3.8, 4) is 0 Å². The monoisotopic (exact) mass is 278 g/mol. The van der Waals surface area contributed by atoms with Crippen LogP contribution >= 0.6 is 0 Å². The van der Waals surface area contributed by atoms with E-state index in [9.17, 15) is 13.2 Å². The average molecular weight is 278 g/mol. The van der Waals surface area contributed by atoms with Gasteiger partial charge in [0.2, 0.25) is 15.9 Å². The highest BCUT2D eigenvalue weighted by Gasteiger charge is 2.28. The summed E-state index contributed by atoms with van der Waals surface area (Å²) in [5.41, 5.74) is 0. The Morgan fingerprint density at radius 3 is 2.56 bits per heavy atom. The number of sulfonamides is 1. The van der Waals surface area contributed by atoms with Gasteiger partial charge < -0.3 is 10.4 Å². The van der Waals surface area contributed by atoms with Gasteiger partial charge in [-0.1, -0.05) is 6.92 Å². The van der Waals surface area contributed by atoms with Crippen LogP contribution in [0.3, 0.4) is 0 Å². The Balaban J connectivity index is 2.28. The second kappa shape index (κ2) is 6.49. The number of carbonyl (C=O) groups is 1. The number of aliphatic hydroxyl groups is 1. The molecule has 0 radical (unpaired) electrons. The van der Waals surface area contributed by atoms with Gasteiger partial charge in [0.15, 0.2) is 0 Å². The van der Waals surface area contributed by atoms with Gasteiger partial charge in [0.05, 0.1) is 17.9 Å². The van der Waals surface area contributed by atoms with E-state index in [0.717, 1.165) is 0 Å². The first-order valence-electron chi connectivity index (χ1n) is 6.30. The molecule has 106 valence electrons. The molecule has 1 amide bonds. The van der Waals surface area contributed by atoms with Crippen LogP contribution in [0.25, 0.3) is 0 Å². The number of hydrogen-bond acceptors (Lipinski definition) is 4. The summed E-state index contributed by atoms with van der Waals surface area (Å²) in [6, 6.07) is -0.758. The van der Waals surface area contributed by atoms with Gasteiger partial charge in [-0.25, -0.2) is 13.1 Å². The molecule has 1 unspecified atom stereocenters. The predicted molar refractivity (Wildman–Crippen MR) is 68.4 cm³/mol. The minimum atomic E-state index is -3.37. The van der Waals surface area contributed by atoms with Crippen molar-refractivity contribution >= 4 is 15.9 Å². The van der Waals surface area contributed by atoms with E-state index >= 15 is 0 Å². The third kappa shape index (κ3) is 4.91. The minimum Gasteiger partial charge on any atom is -0.393 e. The van der Waals surface area contributed by atoms with Crippen molar-refractivity contribution in [3.05, 3.63) is 0 Å². The number of amides is 1. The van der Waals surface area contributed by atoms with E-state index in [0.29, 0.717) is 31.7 Å². The summed E-state index contributed by atoms with van der Waals surface area (Å²) in [6.45, 7) is 3.79. The molecular weight excluding hydrogens is 256 g/mol. The van der Waals surface area contributed by atoms with Crippen LogP contribution in [0.4, 0.5) is 0 Å². The zero-order valence-electron chi connectivity index (χ0n) is 10.8. The second-order valence-electron chi connectivity index (χ2n) is 4.89. The van der Waals surface area contributed by atoms with E-state index in [4.69, 9.17) is 5.11 Å². The van der Waals surface area contributed by atoms with Crippen molar-refractivity contribution in [2.24, 2.45) is 5.92 Å². The summed E-state index contributed by atoms with van der Waals surface area (Å²) in [7, 11) is -3.37. The lowest BCUT2D eigenvalue weighted by Crippen LogP contribution is -2.47. The van der Waals surface area contributed by atoms with E-state index in [1.165, 1.54) is 6.92 Å². The van der Waals surface area contributed by atoms with Crippen LogP contribution in [0.5, 0.6) is 0 Å². The average Bonchev–Trinajstić information content (AvgIpc) is 2.21. The molecule has 1 atom stereocenters. The molecule has 1 rings (SSSR count). The van der Waals surface area contributed by atoms with Crippen molar-refractivity contribution in [1.29, 1.82) is 0 Å². The molecule has 1 aliphatic rings. The van der Waals surface area contributed by atoms with Gasteiger partial charge in [0.25, 0.3) is 0 Å². The molecule has 0 heterocycles. The Bertz CT molecular complexity index is 377. The van der Waals surface area contributed by atoms with Gasteiger partial charge >= 0.3 is 0 Å². The quantitative estimate of drug-likeness (QED) is 0.590. The molecule has 1 saturated carbocycles. The van der Waals surface area contributed by atoms with E-state index in [1.54, 1.807) is 6.92 Å². The Labute approximate surface area is 108 Å². The van der Waals surface area contributed by atoms with Crippen molar-refractivity contribution in [2.75, 3.05) is 12.3 Å². The van der Waals surface area contributed by atoms with E-state index < -0.39 is 16.1 Å². The normalized spacial score (nSPS) is 25.3. The summed E-state index contributed by atoms with van der Waals surface area (Å²) in [5, 5.41) is 11.8. The molecule has 0 saturated heterocycles. The maximum Gasteiger partial charge on any atom is 0.237 e. The Hall–Kier alpha value is -0.660. The first-order valence-corrected chi connectivity index (χ1v) is 7.95. The third-order valence-corrected chi connectivity index (χ3v) is 4.66. The van der Waals surface area contributed by atoms with Gasteiger partial charge in [-0.05, 0) is 32.1 Å². The molecule has 3 N–H and O–H groups in total. The van der Waals surface area contributed by atoms with Crippen LogP contribution < -0.4 is 10.0 Å². The summed E-state index contributed by atoms with van der Waals surface area (Å²) in [5.74, 6) is 0.0128. The molecule has 18 heavy (non-hydrogen) atoms. The second-order valence-corrected chi connectivity index (χ2v) is 6.77. The first kappa shape index (κ1) is 15.4. The van der Waals surface area contributed by atoms with Crippen LogP contribution in [0, 0.1) is 5.92 Å². The Kier molecular flexibility index (Phi) is 5.55. The van der Waals surface area contributed by atoms with Gasteiger partial charge in [0, 0.05) is 6.54 Å². The highest BCUT2D eigenvalue weighted by Crippen LogP contribution is 2.25. The Morgan fingerprint density at radius 2 is 2.06 bits per heavy atom. The van der Waals surface area contributed by atoms with Gasteiger partial charge in [-0.2, -0.15) is 0 Å². The molecule has 6 nitrogen and oxygen atoms in total. The Morgan fingerprint density at radius 1 is 1.44 bits per heavy atom. The van der Waals surface area contributed by atoms with Crippen molar-refractivity contribution < 1.29 is 18.3 Å². The highest BCUT2D eigenvalue weighted by atomic mass is 32.2. The largest absolute Gasteiger partial charge is 0.393 e. The molecule has 0 aliphatic heterocycles. The molecule has 7 heteroatoms. The van der Waals surface area contributed by atoms with Crippen LogP contribution in [-0.4, -0.2) is 43.9 Å². The molecule has 0 aromatic heterocycles. The number of carbonyl (C=O) groups excluding carboxylic acids is 1. The van der Waals surface area contributed by atoms with Crippen molar-refractivity contribution in [3.63, 3.8) is 0 Å². The summed E-state index contributed by atoms with van der Waals surface area (Å²) < 4.78 is 25.3. The number of rotatable bonds is 7. The van der Waals surface area contributed by atoms with Gasteiger partial charge in [0.1, 0.15) is 0 Å². The number of aliphatic hydroxyl groups excluding tert-OH is 1. The lowest BCUT2D eigenvalue weighted by Gasteiger charge is -2.31. The van der Waals surface area contributed by atoms with E-state index in [1.807, 2.05) is 0 Å². The molecule has 1 aliphatic carbocycles. The summed E-state index contributed by atoms with van der Waals surface area (Å²) in [6.07, 6.45) is 1.68. The van der Waals surface area contributed by atoms with Crippen LogP contribution in [0.15, 0.2) is 0 Å². The maximum atomic E-state index is 11.7. The third-order valence-electron chi connectivity index (χ3n) is 3.00. The van der Waals surface area contributed by atoms with Crippen molar-refractivity contribution in [2.45, 2.75) is 45.3 Å². The maximum absolute atomic E-state index is 11.7. The van der Waals surface area contributed by atoms with E-state index in [-0.39, 0.29) is 17.8 Å². The van der Waals surface area contributed by atoms with Gasteiger partial charge in [-0.15, -0.1) is 0 Å². The van der Waals surface area contributed by atoms with Crippen molar-refractivity contribution in [1.82, 2.24) is 10.0 Å². The smallest absolute Gasteiger partial charge is 0.237 e. The number of nitrogens with one attached hydrogen (secondary N) is 2. The topological polar surface area (TPSA) is 95.5 Å². The fraction of sp³-hybridized carbons (Fsp3) is 0.909. The predicted octanol–water partition coefficient (Wildman–Crippen LogP) is -0.409. The molecule has 0 bridgehead atoms. The van der Waals surface area contributed by atoms with Crippen LogP contribution in [0.2, 0.25) is 0 Å². The van der Waals surface area contributed by atoms with E-state index in [2.05, 4.69) is 10.0 Å². The molecule has 0 spiro atoms. The van der Waals surface area contributed by atoms with Crippen LogP contribution in [-0.2, 0) is 14.8 Å². The molecule has 1 fully saturated rings. The number of hydrogen-bond donors (Lipinski definition) is 3. The SMILES string of the molecule is CCCS(=O)(=O)NC(C)C(=O)NCC1CC(O)C1. The lowest BCUT2D eigenvalue weighted by atomic mass is 9.82. The molecule has 0 aromatic rings.